The third kappa shape index (κ3) is 3.24. The van der Waals surface area contributed by atoms with Crippen molar-refractivity contribution in [2.24, 2.45) is 0 Å². The topological polar surface area (TPSA) is 130 Å². The van der Waals surface area contributed by atoms with Crippen LogP contribution in [0.25, 0.3) is 11.1 Å². The monoisotopic (exact) mass is 413 g/mol. The van der Waals surface area contributed by atoms with Crippen molar-refractivity contribution in [3.8, 4) is 5.75 Å². The van der Waals surface area contributed by atoms with Gasteiger partial charge in [-0.15, -0.1) is 0 Å². The molecule has 0 aliphatic carbocycles. The quantitative estimate of drug-likeness (QED) is 0.621. The molecule has 1 aliphatic heterocycles. The van der Waals surface area contributed by atoms with Crippen molar-refractivity contribution in [3.63, 3.8) is 0 Å². The van der Waals surface area contributed by atoms with Gasteiger partial charge in [-0.1, -0.05) is 12.1 Å². The van der Waals surface area contributed by atoms with Gasteiger partial charge in [-0.3, -0.25) is 29.4 Å². The summed E-state index contributed by atoms with van der Waals surface area (Å²) in [6.07, 6.45) is 1.21. The highest BCUT2D eigenvalue weighted by atomic mass is 16.5. The second kappa shape index (κ2) is 7.52. The third-order valence-corrected chi connectivity index (χ3v) is 4.72. The molecule has 4 rings (SSSR count). The molecule has 2 amide bonds. The zero-order valence-electron chi connectivity index (χ0n) is 16.3. The Bertz CT molecular complexity index is 1170. The lowest BCUT2D eigenvalue weighted by Crippen LogP contribution is -2.53. The summed E-state index contributed by atoms with van der Waals surface area (Å²) in [5.74, 6) is -2.16. The number of nitrogens with one attached hydrogen (secondary N) is 1. The van der Waals surface area contributed by atoms with Gasteiger partial charge in [0.15, 0.2) is 17.0 Å². The van der Waals surface area contributed by atoms with E-state index in [1.807, 2.05) is 0 Å². The molecule has 1 aromatic carbocycles. The number of benzene rings is 1. The van der Waals surface area contributed by atoms with E-state index in [9.17, 15) is 19.5 Å². The number of fused-ring (bicyclic) bond motifs is 2. The average Bonchev–Trinajstić information content (AvgIpc) is 3.13. The number of para-hydroxylation sites is 2. The molecule has 0 saturated heterocycles. The Labute approximate surface area is 170 Å². The van der Waals surface area contributed by atoms with Crippen molar-refractivity contribution in [3.05, 3.63) is 51.9 Å². The minimum absolute atomic E-state index is 0.0852. The molecule has 3 aromatic rings. The molecule has 0 atom stereocenters. The van der Waals surface area contributed by atoms with Crippen molar-refractivity contribution in [2.45, 2.75) is 0 Å². The molecule has 0 fully saturated rings. The number of aromatic nitrogens is 2. The lowest BCUT2D eigenvalue weighted by Gasteiger charge is -2.37. The Morgan fingerprint density at radius 3 is 2.83 bits per heavy atom. The maximum Gasteiger partial charge on any atom is 0.302 e. The van der Waals surface area contributed by atoms with Crippen molar-refractivity contribution in [1.82, 2.24) is 14.6 Å². The van der Waals surface area contributed by atoms with Crippen LogP contribution in [0.15, 0.2) is 39.7 Å². The number of nitrogens with zero attached hydrogens (tertiary/aromatic N) is 4. The minimum atomic E-state index is -0.967. The lowest BCUT2D eigenvalue weighted by molar-refractivity contribution is 0.0629. The number of oxazole rings is 1. The second-order valence-corrected chi connectivity index (χ2v) is 6.72. The van der Waals surface area contributed by atoms with Gasteiger partial charge in [-0.05, 0) is 12.1 Å². The zero-order valence-corrected chi connectivity index (χ0v) is 16.3. The molecule has 2 N–H and O–H groups in total. The summed E-state index contributed by atoms with van der Waals surface area (Å²) in [6, 6.07) is 6.85. The molecule has 2 aromatic heterocycles. The van der Waals surface area contributed by atoms with E-state index >= 15 is 0 Å². The second-order valence-electron chi connectivity index (χ2n) is 6.72. The van der Waals surface area contributed by atoms with Crippen LogP contribution in [0.5, 0.6) is 5.75 Å². The highest BCUT2D eigenvalue weighted by Gasteiger charge is 2.33. The Kier molecular flexibility index (Phi) is 4.88. The van der Waals surface area contributed by atoms with E-state index in [1.54, 1.807) is 36.3 Å². The molecule has 0 radical (unpaired) electrons. The SMILES string of the molecule is COCCN1CN(C)n2cc(C(=O)Nc3nc4ccccc4o3)c(=O)c(O)c2C1=O. The summed E-state index contributed by atoms with van der Waals surface area (Å²) in [4.78, 5) is 43.6. The molecular formula is C19H19N5O6. The van der Waals surface area contributed by atoms with Crippen LogP contribution in [-0.2, 0) is 4.74 Å². The van der Waals surface area contributed by atoms with Crippen molar-refractivity contribution in [2.75, 3.05) is 44.3 Å². The van der Waals surface area contributed by atoms with E-state index < -0.39 is 23.0 Å². The van der Waals surface area contributed by atoms with Crippen LogP contribution < -0.4 is 15.8 Å². The Hall–Kier alpha value is -3.86. The number of hydrogen-bond acceptors (Lipinski definition) is 8. The number of amides is 2. The van der Waals surface area contributed by atoms with Crippen LogP contribution in [0.2, 0.25) is 0 Å². The molecule has 0 spiro atoms. The molecule has 0 bridgehead atoms. The maximum atomic E-state index is 12.7. The number of methoxy groups -OCH3 is 1. The first-order valence-electron chi connectivity index (χ1n) is 9.06. The number of rotatable bonds is 5. The van der Waals surface area contributed by atoms with Gasteiger partial charge in [-0.25, -0.2) is 0 Å². The fourth-order valence-corrected chi connectivity index (χ4v) is 3.21. The summed E-state index contributed by atoms with van der Waals surface area (Å²) in [6.45, 7) is 0.770. The minimum Gasteiger partial charge on any atom is -0.502 e. The van der Waals surface area contributed by atoms with Gasteiger partial charge < -0.3 is 19.2 Å². The first-order valence-corrected chi connectivity index (χ1v) is 9.06. The highest BCUT2D eigenvalue weighted by molar-refractivity contribution is 6.05. The molecular weight excluding hydrogens is 394 g/mol. The summed E-state index contributed by atoms with van der Waals surface area (Å²) in [7, 11) is 3.16. The predicted octanol–water partition coefficient (Wildman–Crippen LogP) is 0.575. The fourth-order valence-electron chi connectivity index (χ4n) is 3.21. The molecule has 0 saturated carbocycles. The molecule has 1 aliphatic rings. The fraction of sp³-hybridized carbons (Fsp3) is 0.263. The first-order chi connectivity index (χ1) is 14.4. The van der Waals surface area contributed by atoms with Gasteiger partial charge in [-0.2, -0.15) is 4.98 Å². The van der Waals surface area contributed by atoms with Crippen molar-refractivity contribution in [1.29, 1.82) is 0 Å². The van der Waals surface area contributed by atoms with Gasteiger partial charge in [0.1, 0.15) is 17.7 Å². The number of carbonyl (C=O) groups excluding carboxylic acids is 2. The summed E-state index contributed by atoms with van der Waals surface area (Å²) in [5, 5.41) is 14.4. The van der Waals surface area contributed by atoms with E-state index in [0.717, 1.165) is 0 Å². The summed E-state index contributed by atoms with van der Waals surface area (Å²) in [5.41, 5.74) is -0.532. The average molecular weight is 413 g/mol. The van der Waals surface area contributed by atoms with Crippen LogP contribution in [0, 0.1) is 0 Å². The van der Waals surface area contributed by atoms with E-state index in [0.29, 0.717) is 17.7 Å². The van der Waals surface area contributed by atoms with E-state index in [4.69, 9.17) is 9.15 Å². The van der Waals surface area contributed by atoms with E-state index in [-0.39, 0.29) is 30.5 Å². The van der Waals surface area contributed by atoms with Gasteiger partial charge >= 0.3 is 6.01 Å². The van der Waals surface area contributed by atoms with Crippen molar-refractivity contribution >= 4 is 28.9 Å². The normalized spacial score (nSPS) is 13.6. The molecule has 30 heavy (non-hydrogen) atoms. The zero-order chi connectivity index (χ0) is 21.4. The third-order valence-electron chi connectivity index (χ3n) is 4.72. The number of anilines is 1. The van der Waals surface area contributed by atoms with E-state index in [2.05, 4.69) is 10.3 Å². The van der Waals surface area contributed by atoms with Crippen LogP contribution in [0.3, 0.4) is 0 Å². The van der Waals surface area contributed by atoms with Crippen LogP contribution in [0.1, 0.15) is 20.8 Å². The molecule has 156 valence electrons. The molecule has 11 nitrogen and oxygen atoms in total. The maximum absolute atomic E-state index is 12.7. The van der Waals surface area contributed by atoms with Crippen LogP contribution in [-0.4, -0.2) is 65.5 Å². The standard InChI is InChI=1S/C19H19N5O6/c1-22-10-23(7-8-29-2)18(28)14-16(26)15(25)11(9-24(14)22)17(27)21-19-20-12-5-3-4-6-13(12)30-19/h3-6,9,26H,7-8,10H2,1-2H3,(H,20,21,27). The van der Waals surface area contributed by atoms with Gasteiger partial charge in [0.05, 0.1) is 6.61 Å². The van der Waals surface area contributed by atoms with E-state index in [1.165, 1.54) is 22.9 Å². The van der Waals surface area contributed by atoms with Crippen LogP contribution >= 0.6 is 0 Å². The summed E-state index contributed by atoms with van der Waals surface area (Å²) < 4.78 is 11.7. The number of carbonyl (C=O) groups is 2. The lowest BCUT2D eigenvalue weighted by atomic mass is 10.2. The van der Waals surface area contributed by atoms with Gasteiger partial charge in [0.2, 0.25) is 5.43 Å². The van der Waals surface area contributed by atoms with Crippen LogP contribution in [0.4, 0.5) is 6.01 Å². The highest BCUT2D eigenvalue weighted by Crippen LogP contribution is 2.22. The number of hydrogen-bond donors (Lipinski definition) is 2. The van der Waals surface area contributed by atoms with Crippen molar-refractivity contribution < 1.29 is 23.8 Å². The number of ether oxygens (including phenoxy) is 1. The Balaban J connectivity index is 1.68. The Morgan fingerprint density at radius 1 is 1.33 bits per heavy atom. The molecule has 3 heterocycles. The number of pyridine rings is 1. The Morgan fingerprint density at radius 2 is 2.10 bits per heavy atom. The summed E-state index contributed by atoms with van der Waals surface area (Å²) >= 11 is 0. The number of aromatic hydroxyl groups is 1. The predicted molar refractivity (Wildman–Crippen MR) is 106 cm³/mol. The molecule has 11 heteroatoms. The smallest absolute Gasteiger partial charge is 0.302 e. The first kappa shape index (κ1) is 19.5. The van der Waals surface area contributed by atoms with Gasteiger partial charge in [0.25, 0.3) is 11.8 Å². The largest absolute Gasteiger partial charge is 0.502 e. The molecule has 0 unspecified atom stereocenters. The van der Waals surface area contributed by atoms with Gasteiger partial charge in [0, 0.05) is 26.9 Å².